The van der Waals surface area contributed by atoms with E-state index in [0.29, 0.717) is 11.6 Å². The number of amides is 1. The van der Waals surface area contributed by atoms with Gasteiger partial charge >= 0.3 is 0 Å². The average molecular weight is 351 g/mol. The van der Waals surface area contributed by atoms with Crippen LogP contribution in [0.3, 0.4) is 0 Å². The lowest BCUT2D eigenvalue weighted by Gasteiger charge is -2.23. The first-order chi connectivity index (χ1) is 12.0. The van der Waals surface area contributed by atoms with Gasteiger partial charge in [-0.1, -0.05) is 61.0 Å². The van der Waals surface area contributed by atoms with Crippen LogP contribution in [0.5, 0.6) is 0 Å². The first-order valence-electron chi connectivity index (χ1n) is 8.71. The Hall–Kier alpha value is -2.20. The fourth-order valence-corrected chi connectivity index (χ4v) is 4.22. The highest BCUT2D eigenvalue weighted by molar-refractivity contribution is 7.80. The van der Waals surface area contributed by atoms with Crippen molar-refractivity contribution in [3.8, 4) is 0 Å². The minimum absolute atomic E-state index is 0.0384. The highest BCUT2D eigenvalue weighted by Gasteiger charge is 2.48. The lowest BCUT2D eigenvalue weighted by atomic mass is 9.96. The van der Waals surface area contributed by atoms with Gasteiger partial charge in [-0.15, -0.1) is 0 Å². The molecule has 0 saturated carbocycles. The number of nitrogens with zero attached hydrogens (tertiary/aromatic N) is 1. The summed E-state index contributed by atoms with van der Waals surface area (Å²) in [5, 5.41) is 0.325. The molecule has 0 unspecified atom stereocenters. The first kappa shape index (κ1) is 16.3. The zero-order valence-electron chi connectivity index (χ0n) is 14.4. The predicted octanol–water partition coefficient (Wildman–Crippen LogP) is 4.30. The Morgan fingerprint density at radius 1 is 1.24 bits per heavy atom. The third-order valence-electron chi connectivity index (χ3n) is 5.27. The van der Waals surface area contributed by atoms with Crippen molar-refractivity contribution in [3.63, 3.8) is 0 Å². The van der Waals surface area contributed by atoms with Crippen LogP contribution in [0.4, 0.5) is 0 Å². The maximum atomic E-state index is 13.0. The quantitative estimate of drug-likeness (QED) is 0.772. The van der Waals surface area contributed by atoms with Crippen molar-refractivity contribution in [2.75, 3.05) is 0 Å². The summed E-state index contributed by atoms with van der Waals surface area (Å²) in [7, 11) is 0. The Morgan fingerprint density at radius 2 is 1.96 bits per heavy atom. The number of hydrogen-bond acceptors (Lipinski definition) is 3. The number of thiocarbonyl (C=S) groups is 1. The summed E-state index contributed by atoms with van der Waals surface area (Å²) in [4.78, 5) is 14.7. The summed E-state index contributed by atoms with van der Waals surface area (Å²) in [6.07, 6.45) is 1.21. The van der Waals surface area contributed by atoms with E-state index in [1.165, 1.54) is 22.3 Å². The van der Waals surface area contributed by atoms with Crippen LogP contribution in [0.2, 0.25) is 0 Å². The molecule has 1 saturated heterocycles. The summed E-state index contributed by atoms with van der Waals surface area (Å²) >= 11 is 5.37. The van der Waals surface area contributed by atoms with Crippen LogP contribution < -0.4 is 0 Å². The highest BCUT2D eigenvalue weighted by atomic mass is 32.1. The van der Waals surface area contributed by atoms with Crippen LogP contribution in [-0.4, -0.2) is 22.1 Å². The molecule has 2 aliphatic rings. The van der Waals surface area contributed by atoms with Crippen LogP contribution in [0.1, 0.15) is 47.6 Å². The molecule has 4 heteroatoms. The molecule has 1 aliphatic heterocycles. The smallest absolute Gasteiger partial charge is 0.267 e. The zero-order chi connectivity index (χ0) is 17.6. The van der Waals surface area contributed by atoms with E-state index in [0.717, 1.165) is 6.42 Å². The molecule has 25 heavy (non-hydrogen) atoms. The van der Waals surface area contributed by atoms with Crippen LogP contribution in [0.15, 0.2) is 48.5 Å². The van der Waals surface area contributed by atoms with Crippen LogP contribution >= 0.6 is 12.2 Å². The number of hydrogen-bond donors (Lipinski definition) is 0. The molecule has 128 valence electrons. The summed E-state index contributed by atoms with van der Waals surface area (Å²) in [5.74, 6) is 0.189. The third kappa shape index (κ3) is 2.85. The molecule has 0 aromatic heterocycles. The van der Waals surface area contributed by atoms with E-state index in [9.17, 15) is 4.79 Å². The van der Waals surface area contributed by atoms with Crippen LogP contribution in [0, 0.1) is 6.92 Å². The number of carbonyl (C=O) groups excluding carboxylic acids is 1. The molecule has 1 amide bonds. The number of fused-ring (bicyclic) bond motifs is 3. The second kappa shape index (κ2) is 6.26. The summed E-state index contributed by atoms with van der Waals surface area (Å²) in [5.41, 5.74) is 4.82. The number of carbonyl (C=O) groups is 1. The van der Waals surface area contributed by atoms with Gasteiger partial charge in [0, 0.05) is 12.8 Å². The third-order valence-corrected chi connectivity index (χ3v) is 5.56. The van der Waals surface area contributed by atoms with Crippen molar-refractivity contribution in [1.29, 1.82) is 0 Å². The molecule has 3 atom stereocenters. The average Bonchev–Trinajstić information content (AvgIpc) is 3.09. The van der Waals surface area contributed by atoms with Gasteiger partial charge in [-0.05, 0) is 41.7 Å². The number of benzene rings is 2. The molecule has 1 fully saturated rings. The molecule has 0 N–H and O–H groups in total. The van der Waals surface area contributed by atoms with E-state index in [-0.39, 0.29) is 24.0 Å². The van der Waals surface area contributed by atoms with E-state index < -0.39 is 0 Å². The molecule has 0 spiro atoms. The molecular formula is C21H21NO2S. The Bertz CT molecular complexity index is 830. The molecule has 0 bridgehead atoms. The van der Waals surface area contributed by atoms with Crippen molar-refractivity contribution < 1.29 is 9.53 Å². The molecule has 1 aliphatic carbocycles. The maximum absolute atomic E-state index is 13.0. The molecule has 0 radical (unpaired) electrons. The van der Waals surface area contributed by atoms with Crippen molar-refractivity contribution in [1.82, 2.24) is 4.90 Å². The Morgan fingerprint density at radius 3 is 2.72 bits per heavy atom. The zero-order valence-corrected chi connectivity index (χ0v) is 15.3. The molecule has 3 nitrogen and oxygen atoms in total. The highest BCUT2D eigenvalue weighted by Crippen LogP contribution is 2.43. The summed E-state index contributed by atoms with van der Waals surface area (Å²) < 4.78 is 5.84. The van der Waals surface area contributed by atoms with Gasteiger partial charge in [0.05, 0.1) is 0 Å². The van der Waals surface area contributed by atoms with E-state index in [4.69, 9.17) is 17.0 Å². The number of rotatable bonds is 3. The molecule has 2 aromatic rings. The number of ether oxygens (including phenoxy) is 1. The van der Waals surface area contributed by atoms with Gasteiger partial charge in [0.25, 0.3) is 5.17 Å². The van der Waals surface area contributed by atoms with Crippen molar-refractivity contribution in [2.45, 2.75) is 44.8 Å². The maximum Gasteiger partial charge on any atom is 0.267 e. The van der Waals surface area contributed by atoms with Crippen molar-refractivity contribution >= 4 is 23.3 Å². The van der Waals surface area contributed by atoms with Crippen molar-refractivity contribution in [2.24, 2.45) is 0 Å². The Labute approximate surface area is 153 Å². The van der Waals surface area contributed by atoms with Gasteiger partial charge in [0.1, 0.15) is 12.1 Å². The minimum Gasteiger partial charge on any atom is -0.464 e. The standard InChI is InChI=1S/C21H21NO2S/c1-13-7-9-15(10-8-13)14(2)11-19(23)22-20-17-6-4-3-5-16(17)12-18(20)24-21(22)25/h3-10,14,18,20H,11-12H2,1-2H3/t14-,18+,20-/m1/s1. The van der Waals surface area contributed by atoms with E-state index in [2.05, 4.69) is 50.2 Å². The second-order valence-electron chi connectivity index (χ2n) is 7.05. The minimum atomic E-state index is -0.0681. The predicted molar refractivity (Wildman–Crippen MR) is 101 cm³/mol. The lowest BCUT2D eigenvalue weighted by molar-refractivity contribution is -0.128. The van der Waals surface area contributed by atoms with E-state index >= 15 is 0 Å². The van der Waals surface area contributed by atoms with Gasteiger partial charge < -0.3 is 4.74 Å². The number of aryl methyl sites for hydroxylation is 1. The van der Waals surface area contributed by atoms with Crippen LogP contribution in [0.25, 0.3) is 0 Å². The summed E-state index contributed by atoms with van der Waals surface area (Å²) in [6, 6.07) is 16.5. The largest absolute Gasteiger partial charge is 0.464 e. The molecule has 1 heterocycles. The van der Waals surface area contributed by atoms with Gasteiger partial charge in [0.2, 0.25) is 5.91 Å². The normalized spacial score (nSPS) is 22.3. The van der Waals surface area contributed by atoms with Crippen LogP contribution in [-0.2, 0) is 16.0 Å². The lowest BCUT2D eigenvalue weighted by Crippen LogP contribution is -2.34. The summed E-state index contributed by atoms with van der Waals surface area (Å²) in [6.45, 7) is 4.15. The first-order valence-corrected chi connectivity index (χ1v) is 9.12. The topological polar surface area (TPSA) is 29.5 Å². The molecule has 4 rings (SSSR count). The molecular weight excluding hydrogens is 330 g/mol. The Kier molecular flexibility index (Phi) is 4.08. The Balaban J connectivity index is 1.55. The van der Waals surface area contributed by atoms with Gasteiger partial charge in [-0.3, -0.25) is 9.69 Å². The van der Waals surface area contributed by atoms with Gasteiger partial charge in [-0.2, -0.15) is 0 Å². The fourth-order valence-electron chi connectivity index (χ4n) is 3.88. The SMILES string of the molecule is Cc1ccc([C@H](C)CC(=O)N2C(=S)O[C@H]3Cc4ccccc4[C@H]32)cc1. The fraction of sp³-hybridized carbons (Fsp3) is 0.333. The van der Waals surface area contributed by atoms with Crippen molar-refractivity contribution in [3.05, 3.63) is 70.8 Å². The van der Waals surface area contributed by atoms with E-state index in [1.807, 2.05) is 12.1 Å². The van der Waals surface area contributed by atoms with Gasteiger partial charge in [-0.25, -0.2) is 0 Å². The van der Waals surface area contributed by atoms with E-state index in [1.54, 1.807) is 4.90 Å². The molecule has 2 aromatic carbocycles. The monoisotopic (exact) mass is 351 g/mol. The second-order valence-corrected chi connectivity index (χ2v) is 7.40. The van der Waals surface area contributed by atoms with Gasteiger partial charge in [0.15, 0.2) is 0 Å².